The summed E-state index contributed by atoms with van der Waals surface area (Å²) in [5, 5.41) is 3.45. The molecule has 7 nitrogen and oxygen atoms in total. The van der Waals surface area contributed by atoms with E-state index in [0.717, 1.165) is 63.8 Å². The molecule has 3 rings (SSSR count). The van der Waals surface area contributed by atoms with Crippen molar-refractivity contribution in [1.82, 2.24) is 19.8 Å². The lowest BCUT2D eigenvalue weighted by Gasteiger charge is -2.34. The van der Waals surface area contributed by atoms with E-state index < -0.39 is 0 Å². The standard InChI is InChI=1S/C22H33N5O2/c1-3-24-22(26-12-9-20(10-13-26)29-16-6-15-28-2)25-17-19-7-4-5-8-21(19)27-14-11-23-18-27/h4-5,7-8,11,14,18,20H,3,6,9-10,12-13,15-17H2,1-2H3,(H,24,25). The van der Waals surface area contributed by atoms with Crippen LogP contribution >= 0.6 is 0 Å². The quantitative estimate of drug-likeness (QED) is 0.399. The molecule has 0 atom stereocenters. The number of nitrogens with zero attached hydrogens (tertiary/aromatic N) is 4. The Bertz CT molecular complexity index is 739. The number of imidazole rings is 1. The van der Waals surface area contributed by atoms with E-state index in [1.807, 2.05) is 23.2 Å². The van der Waals surface area contributed by atoms with E-state index in [1.165, 1.54) is 5.56 Å². The highest BCUT2D eigenvalue weighted by Gasteiger charge is 2.21. The largest absolute Gasteiger partial charge is 0.385 e. The van der Waals surface area contributed by atoms with E-state index in [2.05, 4.69) is 40.3 Å². The molecule has 1 N–H and O–H groups in total. The van der Waals surface area contributed by atoms with Gasteiger partial charge in [-0.05, 0) is 37.8 Å². The molecular weight excluding hydrogens is 366 g/mol. The monoisotopic (exact) mass is 399 g/mol. The maximum atomic E-state index is 5.98. The fourth-order valence-corrected chi connectivity index (χ4v) is 3.57. The van der Waals surface area contributed by atoms with Crippen LogP contribution in [0.15, 0.2) is 48.0 Å². The van der Waals surface area contributed by atoms with Crippen LogP contribution in [0.1, 0.15) is 31.7 Å². The molecule has 0 saturated carbocycles. The molecule has 29 heavy (non-hydrogen) atoms. The van der Waals surface area contributed by atoms with Crippen molar-refractivity contribution < 1.29 is 9.47 Å². The minimum atomic E-state index is 0.341. The van der Waals surface area contributed by atoms with Crippen LogP contribution in [0.4, 0.5) is 0 Å². The van der Waals surface area contributed by atoms with Crippen LogP contribution in [0.3, 0.4) is 0 Å². The number of benzene rings is 1. The number of methoxy groups -OCH3 is 1. The second-order valence-corrected chi connectivity index (χ2v) is 7.17. The number of ether oxygens (including phenoxy) is 2. The highest BCUT2D eigenvalue weighted by molar-refractivity contribution is 5.80. The number of piperidine rings is 1. The Hall–Kier alpha value is -2.38. The lowest BCUT2D eigenvalue weighted by atomic mass is 10.1. The third-order valence-corrected chi connectivity index (χ3v) is 5.10. The van der Waals surface area contributed by atoms with Gasteiger partial charge in [0.25, 0.3) is 0 Å². The minimum absolute atomic E-state index is 0.341. The Kier molecular flexibility index (Phi) is 8.52. The van der Waals surface area contributed by atoms with Crippen molar-refractivity contribution in [3.63, 3.8) is 0 Å². The van der Waals surface area contributed by atoms with Gasteiger partial charge in [-0.1, -0.05) is 18.2 Å². The summed E-state index contributed by atoms with van der Waals surface area (Å²) in [6.45, 7) is 7.06. The van der Waals surface area contributed by atoms with E-state index in [4.69, 9.17) is 14.5 Å². The number of nitrogens with one attached hydrogen (secondary N) is 1. The molecule has 1 saturated heterocycles. The summed E-state index contributed by atoms with van der Waals surface area (Å²) >= 11 is 0. The van der Waals surface area contributed by atoms with Crippen LogP contribution in [-0.4, -0.2) is 66.5 Å². The van der Waals surface area contributed by atoms with Gasteiger partial charge < -0.3 is 24.3 Å². The second-order valence-electron chi connectivity index (χ2n) is 7.17. The van der Waals surface area contributed by atoms with Crippen LogP contribution in [0, 0.1) is 0 Å². The van der Waals surface area contributed by atoms with Crippen molar-refractivity contribution in [2.75, 3.05) is 40.0 Å². The molecule has 0 bridgehead atoms. The van der Waals surface area contributed by atoms with Gasteiger partial charge in [-0.3, -0.25) is 0 Å². The van der Waals surface area contributed by atoms with Gasteiger partial charge in [-0.25, -0.2) is 9.98 Å². The highest BCUT2D eigenvalue weighted by Crippen LogP contribution is 2.17. The zero-order chi connectivity index (χ0) is 20.3. The highest BCUT2D eigenvalue weighted by atomic mass is 16.5. The fraction of sp³-hybridized carbons (Fsp3) is 0.545. The summed E-state index contributed by atoms with van der Waals surface area (Å²) in [5.41, 5.74) is 2.30. The fourth-order valence-electron chi connectivity index (χ4n) is 3.57. The zero-order valence-corrected chi connectivity index (χ0v) is 17.6. The topological polar surface area (TPSA) is 63.9 Å². The zero-order valence-electron chi connectivity index (χ0n) is 17.6. The van der Waals surface area contributed by atoms with Gasteiger partial charge in [-0.15, -0.1) is 0 Å². The van der Waals surface area contributed by atoms with E-state index in [0.29, 0.717) is 12.6 Å². The summed E-state index contributed by atoms with van der Waals surface area (Å²) in [4.78, 5) is 11.4. The lowest BCUT2D eigenvalue weighted by molar-refractivity contribution is 0.00990. The van der Waals surface area contributed by atoms with Gasteiger partial charge in [0.1, 0.15) is 0 Å². The summed E-state index contributed by atoms with van der Waals surface area (Å²) in [5.74, 6) is 0.978. The number of likely N-dealkylation sites (tertiary alicyclic amines) is 1. The molecule has 1 aromatic heterocycles. The van der Waals surface area contributed by atoms with Gasteiger partial charge in [-0.2, -0.15) is 0 Å². The number of hydrogen-bond acceptors (Lipinski definition) is 4. The van der Waals surface area contributed by atoms with E-state index >= 15 is 0 Å². The molecule has 0 radical (unpaired) electrons. The molecular formula is C22H33N5O2. The Morgan fingerprint density at radius 1 is 1.24 bits per heavy atom. The first-order chi connectivity index (χ1) is 14.3. The molecule has 2 heterocycles. The third-order valence-electron chi connectivity index (χ3n) is 5.10. The minimum Gasteiger partial charge on any atom is -0.385 e. The van der Waals surface area contributed by atoms with Crippen molar-refractivity contribution in [3.05, 3.63) is 48.5 Å². The first-order valence-corrected chi connectivity index (χ1v) is 10.5. The van der Waals surface area contributed by atoms with Gasteiger partial charge in [0.2, 0.25) is 0 Å². The predicted octanol–water partition coefficient (Wildman–Crippen LogP) is 2.86. The van der Waals surface area contributed by atoms with Crippen LogP contribution in [-0.2, 0) is 16.0 Å². The van der Waals surface area contributed by atoms with Gasteiger partial charge in [0, 0.05) is 52.4 Å². The van der Waals surface area contributed by atoms with E-state index in [1.54, 1.807) is 13.3 Å². The second kappa shape index (κ2) is 11.6. The molecule has 2 aromatic rings. The maximum absolute atomic E-state index is 5.98. The number of aliphatic imine (C=N–C) groups is 1. The lowest BCUT2D eigenvalue weighted by Crippen LogP contribution is -2.47. The Morgan fingerprint density at radius 2 is 2.07 bits per heavy atom. The number of hydrogen-bond donors (Lipinski definition) is 1. The molecule has 1 fully saturated rings. The average molecular weight is 400 g/mol. The molecule has 1 aliphatic heterocycles. The third kappa shape index (κ3) is 6.30. The van der Waals surface area contributed by atoms with Crippen LogP contribution in [0.25, 0.3) is 5.69 Å². The molecule has 0 spiro atoms. The molecule has 158 valence electrons. The average Bonchev–Trinajstić information content (AvgIpc) is 3.30. The maximum Gasteiger partial charge on any atom is 0.194 e. The van der Waals surface area contributed by atoms with E-state index in [9.17, 15) is 0 Å². The summed E-state index contributed by atoms with van der Waals surface area (Å²) < 4.78 is 13.1. The Morgan fingerprint density at radius 3 is 2.79 bits per heavy atom. The Balaban J connectivity index is 1.59. The number of guanidine groups is 1. The van der Waals surface area contributed by atoms with Crippen LogP contribution in [0.2, 0.25) is 0 Å². The van der Waals surface area contributed by atoms with Gasteiger partial charge >= 0.3 is 0 Å². The molecule has 0 unspecified atom stereocenters. The predicted molar refractivity (Wildman–Crippen MR) is 115 cm³/mol. The van der Waals surface area contributed by atoms with Crippen LogP contribution < -0.4 is 5.32 Å². The normalized spacial score (nSPS) is 15.7. The first-order valence-electron chi connectivity index (χ1n) is 10.5. The molecule has 0 aliphatic carbocycles. The van der Waals surface area contributed by atoms with Crippen molar-refractivity contribution in [2.24, 2.45) is 4.99 Å². The number of para-hydroxylation sites is 1. The molecule has 1 aliphatic rings. The van der Waals surface area contributed by atoms with Gasteiger partial charge in [0.05, 0.1) is 24.7 Å². The van der Waals surface area contributed by atoms with Crippen molar-refractivity contribution in [2.45, 2.75) is 38.8 Å². The van der Waals surface area contributed by atoms with E-state index in [-0.39, 0.29) is 0 Å². The summed E-state index contributed by atoms with van der Waals surface area (Å²) in [6, 6.07) is 8.34. The number of aromatic nitrogens is 2. The Labute approximate surface area is 173 Å². The molecule has 1 aromatic carbocycles. The molecule has 7 heteroatoms. The number of rotatable bonds is 9. The summed E-state index contributed by atoms with van der Waals surface area (Å²) in [6.07, 6.45) is 8.94. The summed E-state index contributed by atoms with van der Waals surface area (Å²) in [7, 11) is 1.73. The van der Waals surface area contributed by atoms with Gasteiger partial charge in [0.15, 0.2) is 5.96 Å². The van der Waals surface area contributed by atoms with Crippen molar-refractivity contribution in [3.8, 4) is 5.69 Å². The van der Waals surface area contributed by atoms with Crippen LogP contribution in [0.5, 0.6) is 0 Å². The SMILES string of the molecule is CCNC(=NCc1ccccc1-n1ccnc1)N1CCC(OCCCOC)CC1. The van der Waals surface area contributed by atoms with Crippen molar-refractivity contribution >= 4 is 5.96 Å². The van der Waals surface area contributed by atoms with Crippen molar-refractivity contribution in [1.29, 1.82) is 0 Å². The first kappa shape index (κ1) is 21.3. The smallest absolute Gasteiger partial charge is 0.194 e. The molecule has 0 amide bonds.